The number of rotatable bonds is 4. The molecule has 1 atom stereocenters. The number of nitrogens with zero attached hydrogens (tertiary/aromatic N) is 2. The van der Waals surface area contributed by atoms with Gasteiger partial charge >= 0.3 is 0 Å². The molecule has 1 amide bonds. The summed E-state index contributed by atoms with van der Waals surface area (Å²) >= 11 is 0. The van der Waals surface area contributed by atoms with Crippen molar-refractivity contribution in [3.8, 4) is 0 Å². The molecule has 1 fully saturated rings. The average Bonchev–Trinajstić information content (AvgIpc) is 2.84. The highest BCUT2D eigenvalue weighted by molar-refractivity contribution is 5.86. The highest BCUT2D eigenvalue weighted by Gasteiger charge is 2.40. The van der Waals surface area contributed by atoms with Crippen LogP contribution < -0.4 is 5.73 Å². The van der Waals surface area contributed by atoms with E-state index in [1.165, 1.54) is 0 Å². The van der Waals surface area contributed by atoms with E-state index in [-0.39, 0.29) is 5.91 Å². The molecule has 0 bridgehead atoms. The van der Waals surface area contributed by atoms with Gasteiger partial charge in [-0.1, -0.05) is 6.07 Å². The number of nitrogens with two attached hydrogens (primary N) is 1. The molecule has 2 heterocycles. The second-order valence-electron chi connectivity index (χ2n) is 4.60. The molecule has 1 aliphatic rings. The fourth-order valence-electron chi connectivity index (χ4n) is 2.08. The fraction of sp³-hybridized carbons (Fsp3) is 0.538. The lowest BCUT2D eigenvalue weighted by molar-refractivity contribution is -0.137. The summed E-state index contributed by atoms with van der Waals surface area (Å²) in [4.78, 5) is 18.4. The van der Waals surface area contributed by atoms with E-state index in [1.807, 2.05) is 25.1 Å². The summed E-state index contributed by atoms with van der Waals surface area (Å²) in [6.45, 7) is 3.93. The van der Waals surface area contributed by atoms with E-state index in [2.05, 4.69) is 4.98 Å². The van der Waals surface area contributed by atoms with Gasteiger partial charge in [0.25, 0.3) is 0 Å². The molecule has 0 spiro atoms. The Hall–Kier alpha value is -1.46. The van der Waals surface area contributed by atoms with Gasteiger partial charge in [0.05, 0.1) is 18.8 Å². The summed E-state index contributed by atoms with van der Waals surface area (Å²) < 4.78 is 5.24. The quantitative estimate of drug-likeness (QED) is 0.846. The number of hydrogen-bond donors (Lipinski definition) is 1. The molecule has 1 saturated heterocycles. The number of ether oxygens (including phenoxy) is 1. The van der Waals surface area contributed by atoms with Crippen molar-refractivity contribution >= 4 is 5.91 Å². The van der Waals surface area contributed by atoms with E-state index in [9.17, 15) is 4.79 Å². The van der Waals surface area contributed by atoms with Crippen LogP contribution in [-0.2, 0) is 16.1 Å². The lowest BCUT2D eigenvalue weighted by Gasteiger charge is -2.29. The van der Waals surface area contributed by atoms with Crippen molar-refractivity contribution < 1.29 is 9.53 Å². The zero-order valence-corrected chi connectivity index (χ0v) is 10.6. The van der Waals surface area contributed by atoms with E-state index < -0.39 is 5.54 Å². The van der Waals surface area contributed by atoms with E-state index >= 15 is 0 Å². The van der Waals surface area contributed by atoms with Crippen LogP contribution >= 0.6 is 0 Å². The minimum atomic E-state index is -0.856. The molecule has 1 unspecified atom stereocenters. The van der Waals surface area contributed by atoms with Crippen LogP contribution in [0.3, 0.4) is 0 Å². The summed E-state index contributed by atoms with van der Waals surface area (Å²) in [6, 6.07) is 5.68. The van der Waals surface area contributed by atoms with Crippen LogP contribution in [0.5, 0.6) is 0 Å². The molecular formula is C13H19N3O2. The maximum atomic E-state index is 12.4. The molecule has 2 rings (SSSR count). The largest absolute Gasteiger partial charge is 0.379 e. The van der Waals surface area contributed by atoms with Gasteiger partial charge in [0.15, 0.2) is 0 Å². The van der Waals surface area contributed by atoms with E-state index in [0.717, 1.165) is 5.69 Å². The van der Waals surface area contributed by atoms with Crippen molar-refractivity contribution in [2.75, 3.05) is 19.8 Å². The van der Waals surface area contributed by atoms with Crippen molar-refractivity contribution in [3.63, 3.8) is 0 Å². The fourth-order valence-corrected chi connectivity index (χ4v) is 2.08. The van der Waals surface area contributed by atoms with Gasteiger partial charge < -0.3 is 15.4 Å². The maximum absolute atomic E-state index is 12.4. The summed E-state index contributed by atoms with van der Waals surface area (Å²) in [6.07, 6.45) is 2.31. The van der Waals surface area contributed by atoms with E-state index in [1.54, 1.807) is 11.1 Å². The summed E-state index contributed by atoms with van der Waals surface area (Å²) in [7, 11) is 0. The maximum Gasteiger partial charge on any atom is 0.245 e. The third kappa shape index (κ3) is 2.68. The highest BCUT2D eigenvalue weighted by atomic mass is 16.5. The monoisotopic (exact) mass is 249 g/mol. The minimum Gasteiger partial charge on any atom is -0.379 e. The predicted molar refractivity (Wildman–Crippen MR) is 67.7 cm³/mol. The van der Waals surface area contributed by atoms with Gasteiger partial charge in [0.2, 0.25) is 5.91 Å². The topological polar surface area (TPSA) is 68.5 Å². The van der Waals surface area contributed by atoms with E-state index in [4.69, 9.17) is 10.5 Å². The van der Waals surface area contributed by atoms with Crippen LogP contribution in [0.25, 0.3) is 0 Å². The minimum absolute atomic E-state index is 0.0480. The molecular weight excluding hydrogens is 230 g/mol. The first kappa shape index (κ1) is 13.0. The molecule has 1 aromatic heterocycles. The van der Waals surface area contributed by atoms with Crippen molar-refractivity contribution in [2.24, 2.45) is 5.73 Å². The average molecular weight is 249 g/mol. The molecule has 0 aliphatic carbocycles. The van der Waals surface area contributed by atoms with Crippen molar-refractivity contribution in [1.82, 2.24) is 9.88 Å². The zero-order chi connectivity index (χ0) is 13.0. The van der Waals surface area contributed by atoms with Gasteiger partial charge in [0.1, 0.15) is 5.54 Å². The van der Waals surface area contributed by atoms with Crippen LogP contribution in [-0.4, -0.2) is 41.1 Å². The summed E-state index contributed by atoms with van der Waals surface area (Å²) in [5.74, 6) is -0.0480. The molecule has 0 aromatic carbocycles. The Morgan fingerprint density at radius 1 is 1.61 bits per heavy atom. The predicted octanol–water partition coefficient (Wildman–Crippen LogP) is 0.548. The van der Waals surface area contributed by atoms with Gasteiger partial charge in [-0.3, -0.25) is 9.78 Å². The number of pyridine rings is 1. The molecule has 0 saturated carbocycles. The molecule has 1 aliphatic heterocycles. The Labute approximate surface area is 107 Å². The third-order valence-electron chi connectivity index (χ3n) is 3.23. The number of amides is 1. The van der Waals surface area contributed by atoms with Crippen molar-refractivity contribution in [2.45, 2.75) is 25.4 Å². The number of carbonyl (C=O) groups is 1. The number of likely N-dealkylation sites (N-methyl/N-ethyl adjacent to an activating group) is 1. The summed E-state index contributed by atoms with van der Waals surface area (Å²) in [5.41, 5.74) is 6.11. The molecule has 98 valence electrons. The van der Waals surface area contributed by atoms with Crippen LogP contribution in [0, 0.1) is 0 Å². The van der Waals surface area contributed by atoms with Gasteiger partial charge in [-0.15, -0.1) is 0 Å². The zero-order valence-electron chi connectivity index (χ0n) is 10.6. The first-order valence-electron chi connectivity index (χ1n) is 6.21. The normalized spacial score (nSPS) is 23.0. The third-order valence-corrected chi connectivity index (χ3v) is 3.23. The molecule has 5 heteroatoms. The second-order valence-corrected chi connectivity index (χ2v) is 4.60. The molecule has 0 radical (unpaired) electrons. The van der Waals surface area contributed by atoms with Gasteiger partial charge in [-0.05, 0) is 25.5 Å². The van der Waals surface area contributed by atoms with Gasteiger partial charge in [0, 0.05) is 19.3 Å². The standard InChI is InChI=1S/C13H19N3O2/c1-2-16(9-11-5-3-4-7-15-11)12(17)13(14)6-8-18-10-13/h3-5,7H,2,6,8-10,14H2,1H3. The van der Waals surface area contributed by atoms with E-state index in [0.29, 0.717) is 32.7 Å². The Bertz CT molecular complexity index is 402. The molecule has 1 aromatic rings. The van der Waals surface area contributed by atoms with Gasteiger partial charge in [-0.25, -0.2) is 0 Å². The van der Waals surface area contributed by atoms with Crippen molar-refractivity contribution in [3.05, 3.63) is 30.1 Å². The Morgan fingerprint density at radius 3 is 3.00 bits per heavy atom. The Balaban J connectivity index is 2.07. The first-order valence-corrected chi connectivity index (χ1v) is 6.21. The SMILES string of the molecule is CCN(Cc1ccccn1)C(=O)C1(N)CCOC1. The van der Waals surface area contributed by atoms with Crippen LogP contribution in [0.2, 0.25) is 0 Å². The van der Waals surface area contributed by atoms with Crippen LogP contribution in [0.1, 0.15) is 19.0 Å². The Morgan fingerprint density at radius 2 is 2.44 bits per heavy atom. The highest BCUT2D eigenvalue weighted by Crippen LogP contribution is 2.19. The summed E-state index contributed by atoms with van der Waals surface area (Å²) in [5, 5.41) is 0. The molecule has 2 N–H and O–H groups in total. The smallest absolute Gasteiger partial charge is 0.245 e. The molecule has 18 heavy (non-hydrogen) atoms. The number of carbonyl (C=O) groups excluding carboxylic acids is 1. The van der Waals surface area contributed by atoms with Gasteiger partial charge in [-0.2, -0.15) is 0 Å². The number of aromatic nitrogens is 1. The lowest BCUT2D eigenvalue weighted by Crippen LogP contribution is -2.55. The van der Waals surface area contributed by atoms with Crippen LogP contribution in [0.15, 0.2) is 24.4 Å². The first-order chi connectivity index (χ1) is 8.65. The lowest BCUT2D eigenvalue weighted by atomic mass is 9.98. The van der Waals surface area contributed by atoms with Crippen molar-refractivity contribution in [1.29, 1.82) is 0 Å². The number of hydrogen-bond acceptors (Lipinski definition) is 4. The second kappa shape index (κ2) is 5.46. The Kier molecular flexibility index (Phi) is 3.93. The van der Waals surface area contributed by atoms with Crippen LogP contribution in [0.4, 0.5) is 0 Å². The molecule has 5 nitrogen and oxygen atoms in total.